The summed E-state index contributed by atoms with van der Waals surface area (Å²) >= 11 is 0. The third-order valence-electron chi connectivity index (χ3n) is 4.03. The third kappa shape index (κ3) is 6.12. The minimum atomic E-state index is -0.341. The molecule has 2 aromatic rings. The van der Waals surface area contributed by atoms with Crippen LogP contribution in [0.2, 0.25) is 0 Å². The number of amides is 2. The van der Waals surface area contributed by atoms with Crippen LogP contribution in [-0.2, 0) is 9.59 Å². The first-order valence-electron chi connectivity index (χ1n) is 8.85. The fourth-order valence-corrected chi connectivity index (χ4v) is 2.53. The lowest BCUT2D eigenvalue weighted by molar-refractivity contribution is -0.124. The van der Waals surface area contributed by atoms with E-state index in [9.17, 15) is 9.59 Å². The number of carbonyl (C=O) groups is 2. The molecule has 0 saturated heterocycles. The zero-order valence-corrected chi connectivity index (χ0v) is 16.5. The molecule has 2 rings (SSSR count). The predicted molar refractivity (Wildman–Crippen MR) is 109 cm³/mol. The van der Waals surface area contributed by atoms with Crippen LogP contribution < -0.4 is 20.2 Å². The molecule has 148 valence electrons. The molecule has 0 aliphatic rings. The molecule has 2 aromatic carbocycles. The van der Waals surface area contributed by atoms with Gasteiger partial charge in [-0.1, -0.05) is 12.1 Å². The van der Waals surface area contributed by atoms with Gasteiger partial charge in [-0.25, -0.2) is 5.43 Å². The Morgan fingerprint density at radius 1 is 1.00 bits per heavy atom. The second-order valence-electron chi connectivity index (χ2n) is 6.22. The number of carbonyl (C=O) groups excluding carboxylic acids is 2. The van der Waals surface area contributed by atoms with Crippen molar-refractivity contribution < 1.29 is 19.1 Å². The van der Waals surface area contributed by atoms with E-state index >= 15 is 0 Å². The van der Waals surface area contributed by atoms with E-state index in [0.29, 0.717) is 22.9 Å². The Kier molecular flexibility index (Phi) is 7.56. The number of benzene rings is 2. The van der Waals surface area contributed by atoms with Crippen molar-refractivity contribution in [3.05, 3.63) is 53.6 Å². The molecule has 28 heavy (non-hydrogen) atoms. The minimum absolute atomic E-state index is 0.0359. The first kappa shape index (κ1) is 21.0. The van der Waals surface area contributed by atoms with Crippen molar-refractivity contribution in [2.45, 2.75) is 26.7 Å². The van der Waals surface area contributed by atoms with E-state index in [4.69, 9.17) is 9.47 Å². The average Bonchev–Trinajstić information content (AvgIpc) is 2.69. The number of ether oxygens (including phenoxy) is 2. The average molecular weight is 383 g/mol. The molecule has 7 heteroatoms. The van der Waals surface area contributed by atoms with Crippen LogP contribution in [0.1, 0.15) is 30.9 Å². The smallest absolute Gasteiger partial charge is 0.240 e. The molecule has 0 aliphatic carbocycles. The minimum Gasteiger partial charge on any atom is -0.497 e. The van der Waals surface area contributed by atoms with Crippen molar-refractivity contribution in [2.24, 2.45) is 5.10 Å². The van der Waals surface area contributed by atoms with Gasteiger partial charge < -0.3 is 14.8 Å². The van der Waals surface area contributed by atoms with Crippen molar-refractivity contribution in [3.8, 4) is 11.5 Å². The Morgan fingerprint density at radius 2 is 1.75 bits per heavy atom. The molecule has 0 unspecified atom stereocenters. The maximum absolute atomic E-state index is 12.0. The largest absolute Gasteiger partial charge is 0.497 e. The molecule has 7 nitrogen and oxygen atoms in total. The number of methoxy groups -OCH3 is 2. The Morgan fingerprint density at radius 3 is 2.43 bits per heavy atom. The van der Waals surface area contributed by atoms with Crippen molar-refractivity contribution in [2.75, 3.05) is 19.5 Å². The summed E-state index contributed by atoms with van der Waals surface area (Å²) in [5.74, 6) is 0.689. The van der Waals surface area contributed by atoms with Crippen molar-refractivity contribution in [3.63, 3.8) is 0 Å². The second-order valence-corrected chi connectivity index (χ2v) is 6.22. The number of aryl methyl sites for hydroxylation is 1. The zero-order chi connectivity index (χ0) is 20.5. The second kappa shape index (κ2) is 10.1. The van der Waals surface area contributed by atoms with Crippen LogP contribution in [0.5, 0.6) is 11.5 Å². The number of hydrazone groups is 1. The highest BCUT2D eigenvalue weighted by molar-refractivity contribution is 6.02. The molecule has 2 N–H and O–H groups in total. The molecule has 0 saturated carbocycles. The fraction of sp³-hybridized carbons (Fsp3) is 0.286. The number of nitrogens with zero attached hydrogens (tertiary/aromatic N) is 1. The van der Waals surface area contributed by atoms with Crippen LogP contribution in [0.25, 0.3) is 0 Å². The van der Waals surface area contributed by atoms with Gasteiger partial charge in [0.2, 0.25) is 11.8 Å². The van der Waals surface area contributed by atoms with E-state index in [0.717, 1.165) is 11.1 Å². The van der Waals surface area contributed by atoms with Crippen LogP contribution in [0, 0.1) is 6.92 Å². The van der Waals surface area contributed by atoms with E-state index < -0.39 is 0 Å². The van der Waals surface area contributed by atoms with E-state index in [1.54, 1.807) is 45.4 Å². The van der Waals surface area contributed by atoms with Gasteiger partial charge in [-0.3, -0.25) is 9.59 Å². The maximum Gasteiger partial charge on any atom is 0.240 e. The highest BCUT2D eigenvalue weighted by Gasteiger charge is 2.10. The summed E-state index contributed by atoms with van der Waals surface area (Å²) < 4.78 is 10.5. The van der Waals surface area contributed by atoms with Gasteiger partial charge in [0.1, 0.15) is 11.5 Å². The Bertz CT molecular complexity index is 878. The molecule has 0 fully saturated rings. The lowest BCUT2D eigenvalue weighted by Crippen LogP contribution is -2.22. The van der Waals surface area contributed by atoms with Gasteiger partial charge in [-0.15, -0.1) is 0 Å². The highest BCUT2D eigenvalue weighted by Crippen LogP contribution is 2.25. The summed E-state index contributed by atoms with van der Waals surface area (Å²) in [6.07, 6.45) is 0.106. The molecule has 0 spiro atoms. The number of hydrogen-bond acceptors (Lipinski definition) is 5. The van der Waals surface area contributed by atoms with Crippen molar-refractivity contribution in [1.29, 1.82) is 0 Å². The van der Waals surface area contributed by atoms with Gasteiger partial charge in [-0.2, -0.15) is 5.10 Å². The van der Waals surface area contributed by atoms with E-state index in [1.165, 1.54) is 0 Å². The summed E-state index contributed by atoms with van der Waals surface area (Å²) in [6.45, 7) is 3.70. The summed E-state index contributed by atoms with van der Waals surface area (Å²) in [5, 5.41) is 6.87. The van der Waals surface area contributed by atoms with Crippen LogP contribution in [0.4, 0.5) is 5.69 Å². The Balaban J connectivity index is 1.88. The van der Waals surface area contributed by atoms with Gasteiger partial charge >= 0.3 is 0 Å². The zero-order valence-electron chi connectivity index (χ0n) is 16.5. The van der Waals surface area contributed by atoms with Gasteiger partial charge in [-0.05, 0) is 43.7 Å². The summed E-state index contributed by atoms with van der Waals surface area (Å²) in [6, 6.07) is 12.8. The SMILES string of the molecule is COc1ccc(/C(C)=N/NC(=O)CCC(=O)Nc2cccc(C)c2)c(OC)c1. The van der Waals surface area contributed by atoms with E-state index in [-0.39, 0.29) is 24.7 Å². The molecular weight excluding hydrogens is 358 g/mol. The normalized spacial score (nSPS) is 10.9. The van der Waals surface area contributed by atoms with E-state index in [1.807, 2.05) is 25.1 Å². The monoisotopic (exact) mass is 383 g/mol. The van der Waals surface area contributed by atoms with Gasteiger partial charge in [0.15, 0.2) is 0 Å². The maximum atomic E-state index is 12.0. The predicted octanol–water partition coefficient (Wildman–Crippen LogP) is 3.27. The molecule has 0 bridgehead atoms. The Labute approximate surface area is 164 Å². The fourth-order valence-electron chi connectivity index (χ4n) is 2.53. The van der Waals surface area contributed by atoms with Crippen LogP contribution in [0.15, 0.2) is 47.6 Å². The topological polar surface area (TPSA) is 89.0 Å². The third-order valence-corrected chi connectivity index (χ3v) is 4.03. The number of rotatable bonds is 8. The number of hydrogen-bond donors (Lipinski definition) is 2. The lowest BCUT2D eigenvalue weighted by atomic mass is 10.1. The van der Waals surface area contributed by atoms with Crippen molar-refractivity contribution in [1.82, 2.24) is 5.43 Å². The molecule has 0 radical (unpaired) electrons. The number of nitrogens with one attached hydrogen (secondary N) is 2. The van der Waals surface area contributed by atoms with Crippen molar-refractivity contribution >= 4 is 23.2 Å². The van der Waals surface area contributed by atoms with Crippen LogP contribution in [-0.4, -0.2) is 31.7 Å². The summed E-state index contributed by atoms with van der Waals surface area (Å²) in [4.78, 5) is 24.0. The lowest BCUT2D eigenvalue weighted by Gasteiger charge is -2.10. The molecule has 0 atom stereocenters. The standard InChI is InChI=1S/C21H25N3O4/c1-14-6-5-7-16(12-14)22-20(25)10-11-21(26)24-23-15(2)18-9-8-17(27-3)13-19(18)28-4/h5-9,12-13H,10-11H2,1-4H3,(H,22,25)(H,24,26)/b23-15+. The summed E-state index contributed by atoms with van der Waals surface area (Å²) in [7, 11) is 3.13. The first-order chi connectivity index (χ1) is 13.4. The summed E-state index contributed by atoms with van der Waals surface area (Å²) in [5.41, 5.74) is 5.55. The number of anilines is 1. The highest BCUT2D eigenvalue weighted by atomic mass is 16.5. The van der Waals surface area contributed by atoms with Crippen LogP contribution in [0.3, 0.4) is 0 Å². The Hall–Kier alpha value is -3.35. The molecule has 0 heterocycles. The molecule has 0 aromatic heterocycles. The molecular formula is C21H25N3O4. The van der Waals surface area contributed by atoms with E-state index in [2.05, 4.69) is 15.8 Å². The van der Waals surface area contributed by atoms with Gasteiger partial charge in [0.25, 0.3) is 0 Å². The first-order valence-corrected chi connectivity index (χ1v) is 8.85. The molecule has 0 aliphatic heterocycles. The molecule has 2 amide bonds. The quantitative estimate of drug-likeness (QED) is 0.541. The van der Waals surface area contributed by atoms with Crippen LogP contribution >= 0.6 is 0 Å². The van der Waals surface area contributed by atoms with Gasteiger partial charge in [0.05, 0.1) is 19.9 Å². The van der Waals surface area contributed by atoms with Gasteiger partial charge in [0, 0.05) is 30.2 Å².